The fourth-order valence-corrected chi connectivity index (χ4v) is 1.67. The van der Waals surface area contributed by atoms with Crippen molar-refractivity contribution in [1.82, 2.24) is 9.78 Å². The zero-order chi connectivity index (χ0) is 13.0. The summed E-state index contributed by atoms with van der Waals surface area (Å²) in [6, 6.07) is 8.24. The van der Waals surface area contributed by atoms with Crippen LogP contribution in [0.15, 0.2) is 36.7 Å². The van der Waals surface area contributed by atoms with Crippen LogP contribution in [-0.2, 0) is 6.54 Å². The molecule has 1 heterocycles. The van der Waals surface area contributed by atoms with E-state index in [1.807, 2.05) is 35.1 Å². The summed E-state index contributed by atoms with van der Waals surface area (Å²) in [4.78, 5) is 0. The van der Waals surface area contributed by atoms with Gasteiger partial charge in [0.2, 0.25) is 0 Å². The third-order valence-electron chi connectivity index (χ3n) is 2.71. The van der Waals surface area contributed by atoms with E-state index in [1.54, 1.807) is 0 Å². The lowest BCUT2D eigenvalue weighted by Gasteiger charge is -2.05. The Morgan fingerprint density at radius 2 is 2.28 bits per heavy atom. The molecule has 0 amide bonds. The summed E-state index contributed by atoms with van der Waals surface area (Å²) in [5.74, 6) is 2.63. The minimum absolute atomic E-state index is 0.392. The molecule has 3 nitrogen and oxygen atoms in total. The molecule has 2 rings (SSSR count). The lowest BCUT2D eigenvalue weighted by Crippen LogP contribution is -2.01. The second-order valence-corrected chi connectivity index (χ2v) is 4.50. The summed E-state index contributed by atoms with van der Waals surface area (Å²) in [7, 11) is 0. The number of benzene rings is 1. The summed E-state index contributed by atoms with van der Waals surface area (Å²) in [5.41, 5.74) is 3.08. The van der Waals surface area contributed by atoms with Crippen LogP contribution < -0.4 is 5.32 Å². The van der Waals surface area contributed by atoms with Crippen LogP contribution in [0.25, 0.3) is 0 Å². The van der Waals surface area contributed by atoms with Crippen molar-refractivity contribution in [2.45, 2.75) is 26.4 Å². The van der Waals surface area contributed by atoms with Gasteiger partial charge in [-0.1, -0.05) is 12.0 Å². The van der Waals surface area contributed by atoms with Crippen molar-refractivity contribution in [1.29, 1.82) is 0 Å². The molecular formula is C15H17N3. The normalized spacial score (nSPS) is 10.3. The summed E-state index contributed by atoms with van der Waals surface area (Å²) < 4.78 is 1.95. The molecule has 2 aromatic rings. The van der Waals surface area contributed by atoms with E-state index < -0.39 is 0 Å². The fourth-order valence-electron chi connectivity index (χ4n) is 1.67. The predicted octanol–water partition coefficient (Wildman–Crippen LogP) is 3.06. The Morgan fingerprint density at radius 1 is 1.44 bits per heavy atom. The molecule has 18 heavy (non-hydrogen) atoms. The summed E-state index contributed by atoms with van der Waals surface area (Å²) in [6.07, 6.45) is 9.32. The van der Waals surface area contributed by atoms with Crippen LogP contribution >= 0.6 is 0 Å². The van der Waals surface area contributed by atoms with E-state index in [9.17, 15) is 0 Å². The van der Waals surface area contributed by atoms with E-state index in [0.717, 1.165) is 23.4 Å². The third-order valence-corrected chi connectivity index (χ3v) is 2.71. The predicted molar refractivity (Wildman–Crippen MR) is 74.3 cm³/mol. The summed E-state index contributed by atoms with van der Waals surface area (Å²) in [5, 5.41) is 7.65. The first-order chi connectivity index (χ1) is 8.69. The standard InChI is InChI=1S/C15H17N3/c1-4-13-6-5-7-15(8-13)16-9-14-10-17-18(11-14)12(2)3/h1,5-8,10-12,16H,9H2,2-3H3. The van der Waals surface area contributed by atoms with Crippen LogP contribution in [0.2, 0.25) is 0 Å². The quantitative estimate of drug-likeness (QED) is 0.831. The number of terminal acetylenes is 1. The van der Waals surface area contributed by atoms with Crippen molar-refractivity contribution >= 4 is 5.69 Å². The largest absolute Gasteiger partial charge is 0.381 e. The van der Waals surface area contributed by atoms with Crippen molar-refractivity contribution in [2.75, 3.05) is 5.32 Å². The Morgan fingerprint density at radius 3 is 2.94 bits per heavy atom. The lowest BCUT2D eigenvalue weighted by atomic mass is 10.2. The maximum atomic E-state index is 5.37. The van der Waals surface area contributed by atoms with E-state index in [0.29, 0.717) is 6.04 Å². The summed E-state index contributed by atoms with van der Waals surface area (Å²) in [6.45, 7) is 4.97. The molecule has 0 radical (unpaired) electrons. The molecule has 1 aromatic carbocycles. The smallest absolute Gasteiger partial charge is 0.0539 e. The average Bonchev–Trinajstić information content (AvgIpc) is 2.85. The topological polar surface area (TPSA) is 29.9 Å². The van der Waals surface area contributed by atoms with Crippen LogP contribution in [0.3, 0.4) is 0 Å². The van der Waals surface area contributed by atoms with Gasteiger partial charge in [0.1, 0.15) is 0 Å². The first-order valence-corrected chi connectivity index (χ1v) is 6.02. The highest BCUT2D eigenvalue weighted by atomic mass is 15.3. The Bertz CT molecular complexity index is 561. The Hall–Kier alpha value is -2.21. The van der Waals surface area contributed by atoms with Crippen LogP contribution in [-0.4, -0.2) is 9.78 Å². The molecule has 0 fully saturated rings. The second kappa shape index (κ2) is 5.42. The Labute approximate surface area is 108 Å². The first-order valence-electron chi connectivity index (χ1n) is 6.02. The van der Waals surface area contributed by atoms with Gasteiger partial charge in [-0.3, -0.25) is 4.68 Å². The SMILES string of the molecule is C#Cc1cccc(NCc2cnn(C(C)C)c2)c1. The van der Waals surface area contributed by atoms with Crippen molar-refractivity contribution in [3.8, 4) is 12.3 Å². The Kier molecular flexibility index (Phi) is 3.69. The summed E-state index contributed by atoms with van der Waals surface area (Å²) >= 11 is 0. The van der Waals surface area contributed by atoms with Gasteiger partial charge in [0.15, 0.2) is 0 Å². The molecule has 1 N–H and O–H groups in total. The maximum Gasteiger partial charge on any atom is 0.0539 e. The molecule has 0 unspecified atom stereocenters. The number of rotatable bonds is 4. The molecule has 0 aliphatic heterocycles. The van der Waals surface area contributed by atoms with Crippen LogP contribution in [0.5, 0.6) is 0 Å². The van der Waals surface area contributed by atoms with Gasteiger partial charge in [-0.05, 0) is 32.0 Å². The monoisotopic (exact) mass is 239 g/mol. The van der Waals surface area contributed by atoms with Crippen molar-refractivity contribution in [3.05, 3.63) is 47.8 Å². The van der Waals surface area contributed by atoms with E-state index in [-0.39, 0.29) is 0 Å². The van der Waals surface area contributed by atoms with Crippen molar-refractivity contribution in [3.63, 3.8) is 0 Å². The zero-order valence-corrected chi connectivity index (χ0v) is 10.7. The number of hydrogen-bond acceptors (Lipinski definition) is 2. The number of anilines is 1. The van der Waals surface area contributed by atoms with Gasteiger partial charge in [-0.15, -0.1) is 6.42 Å². The Balaban J connectivity index is 2.00. The first kappa shape index (κ1) is 12.3. The van der Waals surface area contributed by atoms with Crippen LogP contribution in [0, 0.1) is 12.3 Å². The molecule has 0 bridgehead atoms. The molecule has 92 valence electrons. The minimum atomic E-state index is 0.392. The lowest BCUT2D eigenvalue weighted by molar-refractivity contribution is 0.532. The molecule has 0 atom stereocenters. The van der Waals surface area contributed by atoms with E-state index >= 15 is 0 Å². The number of nitrogens with zero attached hydrogens (tertiary/aromatic N) is 2. The molecule has 0 spiro atoms. The van der Waals surface area contributed by atoms with Crippen LogP contribution in [0.1, 0.15) is 31.0 Å². The third kappa shape index (κ3) is 2.92. The molecule has 0 saturated carbocycles. The number of nitrogens with one attached hydrogen (secondary N) is 1. The zero-order valence-electron chi connectivity index (χ0n) is 10.7. The highest BCUT2D eigenvalue weighted by Gasteiger charge is 2.01. The fraction of sp³-hybridized carbons (Fsp3) is 0.267. The van der Waals surface area contributed by atoms with Gasteiger partial charge in [0, 0.05) is 35.6 Å². The number of hydrogen-bond donors (Lipinski definition) is 1. The van der Waals surface area contributed by atoms with Crippen LogP contribution in [0.4, 0.5) is 5.69 Å². The van der Waals surface area contributed by atoms with E-state index in [1.165, 1.54) is 0 Å². The molecular weight excluding hydrogens is 222 g/mol. The minimum Gasteiger partial charge on any atom is -0.381 e. The van der Waals surface area contributed by atoms with Gasteiger partial charge >= 0.3 is 0 Å². The maximum absolute atomic E-state index is 5.37. The van der Waals surface area contributed by atoms with Crippen molar-refractivity contribution < 1.29 is 0 Å². The molecule has 0 saturated heterocycles. The van der Waals surface area contributed by atoms with E-state index in [4.69, 9.17) is 6.42 Å². The van der Waals surface area contributed by atoms with Crippen molar-refractivity contribution in [2.24, 2.45) is 0 Å². The van der Waals surface area contributed by atoms with Gasteiger partial charge < -0.3 is 5.32 Å². The highest BCUT2D eigenvalue weighted by molar-refractivity contribution is 5.50. The number of aromatic nitrogens is 2. The van der Waals surface area contributed by atoms with Gasteiger partial charge in [0.25, 0.3) is 0 Å². The highest BCUT2D eigenvalue weighted by Crippen LogP contribution is 2.12. The van der Waals surface area contributed by atoms with Gasteiger partial charge in [0.05, 0.1) is 6.20 Å². The molecule has 0 aliphatic carbocycles. The van der Waals surface area contributed by atoms with Gasteiger partial charge in [-0.25, -0.2) is 0 Å². The second-order valence-electron chi connectivity index (χ2n) is 4.50. The van der Waals surface area contributed by atoms with E-state index in [2.05, 4.69) is 36.4 Å². The molecule has 3 heteroatoms. The van der Waals surface area contributed by atoms with Gasteiger partial charge in [-0.2, -0.15) is 5.10 Å². The molecule has 1 aromatic heterocycles. The average molecular weight is 239 g/mol. The molecule has 0 aliphatic rings.